The number of halogens is 1. The highest BCUT2D eigenvalue weighted by atomic mass is 79.9. The number of hydrazone groups is 1. The van der Waals surface area contributed by atoms with Crippen LogP contribution in [0.2, 0.25) is 0 Å². The lowest BCUT2D eigenvalue weighted by atomic mass is 10.1. The van der Waals surface area contributed by atoms with E-state index >= 15 is 0 Å². The summed E-state index contributed by atoms with van der Waals surface area (Å²) in [4.78, 5) is 12.0. The summed E-state index contributed by atoms with van der Waals surface area (Å²) in [5.74, 6) is 0.390. The van der Waals surface area contributed by atoms with Crippen molar-refractivity contribution < 1.29 is 4.79 Å². The minimum absolute atomic E-state index is 0.00258. The maximum Gasteiger partial charge on any atom is 0.243 e. The summed E-state index contributed by atoms with van der Waals surface area (Å²) in [6.07, 6.45) is 2.56. The van der Waals surface area contributed by atoms with Gasteiger partial charge in [-0.3, -0.25) is 4.79 Å². The SMILES string of the molecule is O=C(NN=Cc1ccc(Br)cc1)[C@H]1C[C@@H]1c1ccccc1. The molecule has 1 aliphatic carbocycles. The molecule has 0 spiro atoms. The fourth-order valence-electron chi connectivity index (χ4n) is 2.36. The zero-order chi connectivity index (χ0) is 14.7. The lowest BCUT2D eigenvalue weighted by Crippen LogP contribution is -2.20. The van der Waals surface area contributed by atoms with Gasteiger partial charge in [0.1, 0.15) is 0 Å². The van der Waals surface area contributed by atoms with Crippen LogP contribution >= 0.6 is 15.9 Å². The number of carbonyl (C=O) groups is 1. The molecule has 1 aliphatic rings. The van der Waals surface area contributed by atoms with Crippen molar-refractivity contribution >= 4 is 28.1 Å². The first-order valence-corrected chi connectivity index (χ1v) is 7.67. The Balaban J connectivity index is 1.53. The molecule has 0 saturated heterocycles. The van der Waals surface area contributed by atoms with E-state index in [4.69, 9.17) is 0 Å². The van der Waals surface area contributed by atoms with E-state index < -0.39 is 0 Å². The molecule has 0 aliphatic heterocycles. The summed E-state index contributed by atoms with van der Waals surface area (Å²) in [6, 6.07) is 17.9. The highest BCUT2D eigenvalue weighted by Crippen LogP contribution is 2.47. The van der Waals surface area contributed by atoms with Crippen molar-refractivity contribution in [2.75, 3.05) is 0 Å². The van der Waals surface area contributed by atoms with E-state index in [0.29, 0.717) is 5.92 Å². The van der Waals surface area contributed by atoms with Crippen LogP contribution < -0.4 is 5.43 Å². The molecule has 1 saturated carbocycles. The molecule has 1 N–H and O–H groups in total. The maximum atomic E-state index is 12.0. The Labute approximate surface area is 132 Å². The second-order valence-electron chi connectivity index (χ2n) is 5.15. The van der Waals surface area contributed by atoms with Gasteiger partial charge in [-0.2, -0.15) is 5.10 Å². The summed E-state index contributed by atoms with van der Waals surface area (Å²) >= 11 is 3.38. The second kappa shape index (κ2) is 6.22. The van der Waals surface area contributed by atoms with Gasteiger partial charge in [0, 0.05) is 10.4 Å². The molecule has 0 heterocycles. The second-order valence-corrected chi connectivity index (χ2v) is 6.06. The van der Waals surface area contributed by atoms with Crippen molar-refractivity contribution in [3.8, 4) is 0 Å². The van der Waals surface area contributed by atoms with E-state index in [-0.39, 0.29) is 11.8 Å². The molecular weight excluding hydrogens is 328 g/mol. The fraction of sp³-hybridized carbons (Fsp3) is 0.176. The molecular formula is C17H15BrN2O. The summed E-state index contributed by atoms with van der Waals surface area (Å²) in [5.41, 5.74) is 4.81. The van der Waals surface area contributed by atoms with Crippen LogP contribution in [0.5, 0.6) is 0 Å². The van der Waals surface area contributed by atoms with Crippen molar-refractivity contribution in [2.45, 2.75) is 12.3 Å². The van der Waals surface area contributed by atoms with Gasteiger partial charge >= 0.3 is 0 Å². The first kappa shape index (κ1) is 14.0. The molecule has 1 amide bonds. The molecule has 3 nitrogen and oxygen atoms in total. The van der Waals surface area contributed by atoms with Crippen LogP contribution in [0.25, 0.3) is 0 Å². The molecule has 21 heavy (non-hydrogen) atoms. The third-order valence-electron chi connectivity index (χ3n) is 3.61. The van der Waals surface area contributed by atoms with E-state index in [0.717, 1.165) is 16.5 Å². The third-order valence-corrected chi connectivity index (χ3v) is 4.14. The largest absolute Gasteiger partial charge is 0.273 e. The van der Waals surface area contributed by atoms with Gasteiger partial charge in [0.05, 0.1) is 6.21 Å². The molecule has 0 unspecified atom stereocenters. The van der Waals surface area contributed by atoms with Gasteiger partial charge in [0.2, 0.25) is 5.91 Å². The third kappa shape index (κ3) is 3.58. The van der Waals surface area contributed by atoms with E-state index in [1.165, 1.54) is 5.56 Å². The van der Waals surface area contributed by atoms with Crippen molar-refractivity contribution in [3.05, 3.63) is 70.2 Å². The highest BCUT2D eigenvalue weighted by molar-refractivity contribution is 9.10. The molecule has 0 radical (unpaired) electrons. The Hall–Kier alpha value is -1.94. The molecule has 3 rings (SSSR count). The monoisotopic (exact) mass is 342 g/mol. The van der Waals surface area contributed by atoms with E-state index in [1.807, 2.05) is 42.5 Å². The van der Waals surface area contributed by atoms with Crippen LogP contribution in [0.15, 0.2) is 64.2 Å². The zero-order valence-corrected chi connectivity index (χ0v) is 13.0. The van der Waals surface area contributed by atoms with Crippen molar-refractivity contribution in [1.82, 2.24) is 5.43 Å². The van der Waals surface area contributed by atoms with Crippen molar-refractivity contribution in [2.24, 2.45) is 11.0 Å². The van der Waals surface area contributed by atoms with Gasteiger partial charge in [-0.05, 0) is 35.6 Å². The number of hydrogen-bond donors (Lipinski definition) is 1. The normalized spacial score (nSPS) is 20.4. The first-order chi connectivity index (χ1) is 10.2. The Bertz CT molecular complexity index is 652. The van der Waals surface area contributed by atoms with Crippen LogP contribution in [0.1, 0.15) is 23.5 Å². The Kier molecular flexibility index (Phi) is 4.15. The van der Waals surface area contributed by atoms with Crippen LogP contribution in [-0.4, -0.2) is 12.1 Å². The standard InChI is InChI=1S/C17H15BrN2O/c18-14-8-6-12(7-9-14)11-19-20-17(21)16-10-15(16)13-4-2-1-3-5-13/h1-9,11,15-16H,10H2,(H,20,21)/t15-,16+/m1/s1. The molecule has 1 fully saturated rings. The smallest absolute Gasteiger partial charge is 0.243 e. The summed E-state index contributed by atoms with van der Waals surface area (Å²) in [6.45, 7) is 0. The minimum atomic E-state index is -0.00258. The zero-order valence-electron chi connectivity index (χ0n) is 11.4. The van der Waals surface area contributed by atoms with Crippen LogP contribution in [0, 0.1) is 5.92 Å². The summed E-state index contributed by atoms with van der Waals surface area (Å²) < 4.78 is 1.02. The summed E-state index contributed by atoms with van der Waals surface area (Å²) in [5, 5.41) is 4.02. The molecule has 0 aromatic heterocycles. The Morgan fingerprint density at radius 3 is 2.57 bits per heavy atom. The lowest BCUT2D eigenvalue weighted by Gasteiger charge is -2.00. The fourth-order valence-corrected chi connectivity index (χ4v) is 2.62. The van der Waals surface area contributed by atoms with Gasteiger partial charge in [-0.15, -0.1) is 0 Å². The predicted molar refractivity (Wildman–Crippen MR) is 87.2 cm³/mol. The molecule has 4 heteroatoms. The van der Waals surface area contributed by atoms with Crippen LogP contribution in [-0.2, 0) is 4.79 Å². The molecule has 2 atom stereocenters. The molecule has 0 bridgehead atoms. The number of nitrogens with one attached hydrogen (secondary N) is 1. The lowest BCUT2D eigenvalue weighted by molar-refractivity contribution is -0.122. The molecule has 2 aromatic rings. The number of rotatable bonds is 4. The average molecular weight is 343 g/mol. The average Bonchev–Trinajstić information content (AvgIpc) is 3.31. The van der Waals surface area contributed by atoms with Gasteiger partial charge in [0.15, 0.2) is 0 Å². The van der Waals surface area contributed by atoms with Crippen molar-refractivity contribution in [1.29, 1.82) is 0 Å². The Morgan fingerprint density at radius 2 is 1.86 bits per heavy atom. The number of carbonyl (C=O) groups excluding carboxylic acids is 1. The van der Waals surface area contributed by atoms with E-state index in [9.17, 15) is 4.79 Å². The first-order valence-electron chi connectivity index (χ1n) is 6.87. The van der Waals surface area contributed by atoms with Crippen LogP contribution in [0.4, 0.5) is 0 Å². The predicted octanol–water partition coefficient (Wildman–Crippen LogP) is 3.70. The number of amides is 1. The Morgan fingerprint density at radius 1 is 1.14 bits per heavy atom. The molecule has 2 aromatic carbocycles. The summed E-state index contributed by atoms with van der Waals surface area (Å²) in [7, 11) is 0. The van der Waals surface area contributed by atoms with Gasteiger partial charge < -0.3 is 0 Å². The van der Waals surface area contributed by atoms with Gasteiger partial charge in [0.25, 0.3) is 0 Å². The van der Waals surface area contributed by atoms with Gasteiger partial charge in [-0.25, -0.2) is 5.43 Å². The topological polar surface area (TPSA) is 41.5 Å². The number of benzene rings is 2. The number of nitrogens with zero attached hydrogens (tertiary/aromatic N) is 1. The highest BCUT2D eigenvalue weighted by Gasteiger charge is 2.43. The van der Waals surface area contributed by atoms with E-state index in [2.05, 4.69) is 38.6 Å². The van der Waals surface area contributed by atoms with Crippen molar-refractivity contribution in [3.63, 3.8) is 0 Å². The minimum Gasteiger partial charge on any atom is -0.273 e. The molecule has 106 valence electrons. The number of hydrogen-bond acceptors (Lipinski definition) is 2. The van der Waals surface area contributed by atoms with Gasteiger partial charge in [-0.1, -0.05) is 58.4 Å². The van der Waals surface area contributed by atoms with E-state index in [1.54, 1.807) is 6.21 Å². The quantitative estimate of drug-likeness (QED) is 0.667. The maximum absolute atomic E-state index is 12.0. The van der Waals surface area contributed by atoms with Crippen LogP contribution in [0.3, 0.4) is 0 Å².